The second kappa shape index (κ2) is 10.0. The third-order valence-electron chi connectivity index (χ3n) is 10.4. The van der Waals surface area contributed by atoms with Gasteiger partial charge in [-0.05, 0) is 56.2 Å². The van der Waals surface area contributed by atoms with Crippen LogP contribution in [0.4, 0.5) is 15.8 Å². The van der Waals surface area contributed by atoms with Crippen LogP contribution in [-0.4, -0.2) is 78.1 Å². The largest absolute Gasteiger partial charge is 0.508 e. The van der Waals surface area contributed by atoms with Gasteiger partial charge in [-0.1, -0.05) is 18.1 Å². The molecule has 3 aromatic rings. The first-order valence-electron chi connectivity index (χ1n) is 15.5. The molecule has 0 amide bonds. The summed E-state index contributed by atoms with van der Waals surface area (Å²) >= 11 is 0. The first-order valence-corrected chi connectivity index (χ1v) is 15.5. The molecule has 2 bridgehead atoms. The summed E-state index contributed by atoms with van der Waals surface area (Å²) in [5.41, 5.74) is 5.05. The van der Waals surface area contributed by atoms with Gasteiger partial charge in [-0.15, -0.1) is 6.42 Å². The first kappa shape index (κ1) is 26.1. The van der Waals surface area contributed by atoms with Crippen molar-refractivity contribution in [2.45, 2.75) is 68.9 Å². The summed E-state index contributed by atoms with van der Waals surface area (Å²) in [5.74, 6) is 3.69. The zero-order valence-corrected chi connectivity index (χ0v) is 24.0. The van der Waals surface area contributed by atoms with E-state index in [1.165, 1.54) is 24.1 Å². The minimum absolute atomic E-state index is 0.219. The van der Waals surface area contributed by atoms with Crippen LogP contribution in [0.2, 0.25) is 0 Å². The van der Waals surface area contributed by atoms with Gasteiger partial charge in [0.2, 0.25) is 5.88 Å². The minimum Gasteiger partial charge on any atom is -0.508 e. The van der Waals surface area contributed by atoms with Crippen molar-refractivity contribution in [3.8, 4) is 24.0 Å². The number of ether oxygens (including phenoxy) is 1. The molecule has 1 aromatic heterocycles. The van der Waals surface area contributed by atoms with Crippen LogP contribution in [0.15, 0.2) is 36.4 Å². The van der Waals surface area contributed by atoms with Crippen molar-refractivity contribution in [2.75, 3.05) is 49.1 Å². The zero-order chi connectivity index (χ0) is 28.4. The lowest BCUT2D eigenvalue weighted by molar-refractivity contribution is 0.110. The van der Waals surface area contributed by atoms with Crippen molar-refractivity contribution in [2.24, 2.45) is 0 Å². The highest BCUT2D eigenvalue weighted by Crippen LogP contribution is 2.42. The van der Waals surface area contributed by atoms with Crippen LogP contribution < -0.4 is 19.9 Å². The Morgan fingerprint density at radius 1 is 1.10 bits per heavy atom. The van der Waals surface area contributed by atoms with E-state index in [0.717, 1.165) is 73.2 Å². The average molecular weight is 568 g/mol. The Labute approximate surface area is 246 Å². The van der Waals surface area contributed by atoms with E-state index in [1.807, 2.05) is 24.3 Å². The summed E-state index contributed by atoms with van der Waals surface area (Å²) in [6.45, 7) is 5.30. The molecule has 8 heteroatoms. The molecule has 2 N–H and O–H groups in total. The van der Waals surface area contributed by atoms with Gasteiger partial charge in [0.1, 0.15) is 18.5 Å². The van der Waals surface area contributed by atoms with E-state index in [-0.39, 0.29) is 11.3 Å². The molecule has 8 rings (SSSR count). The Hall–Kier alpha value is -3.54. The number of halogens is 1. The van der Waals surface area contributed by atoms with E-state index in [9.17, 15) is 9.50 Å². The predicted molar refractivity (Wildman–Crippen MR) is 163 cm³/mol. The summed E-state index contributed by atoms with van der Waals surface area (Å²) in [7, 11) is 0. The number of rotatable bonds is 5. The third kappa shape index (κ3) is 4.37. The summed E-state index contributed by atoms with van der Waals surface area (Å²) in [5, 5.41) is 16.3. The Balaban J connectivity index is 1.16. The molecular weight excluding hydrogens is 529 g/mol. The number of piperazine rings is 1. The van der Waals surface area contributed by atoms with Gasteiger partial charge in [-0.3, -0.25) is 4.90 Å². The van der Waals surface area contributed by atoms with Gasteiger partial charge in [0, 0.05) is 84.7 Å². The highest BCUT2D eigenvalue weighted by Gasteiger charge is 2.49. The zero-order valence-electron chi connectivity index (χ0n) is 24.0. The lowest BCUT2D eigenvalue weighted by Gasteiger charge is -2.39. The van der Waals surface area contributed by atoms with Crippen LogP contribution in [-0.2, 0) is 13.0 Å². The highest BCUT2D eigenvalue weighted by molar-refractivity contribution is 6.00. The van der Waals surface area contributed by atoms with Crippen LogP contribution in [0.25, 0.3) is 10.8 Å². The monoisotopic (exact) mass is 567 g/mol. The topological polar surface area (TPSA) is 64.1 Å². The van der Waals surface area contributed by atoms with E-state index < -0.39 is 6.17 Å². The van der Waals surface area contributed by atoms with E-state index in [0.29, 0.717) is 44.1 Å². The van der Waals surface area contributed by atoms with Crippen molar-refractivity contribution in [3.05, 3.63) is 53.2 Å². The van der Waals surface area contributed by atoms with E-state index in [2.05, 4.69) is 32.0 Å². The standard InChI is InChI=1S/C34H38FN5O2/c1-2-22-5-3-6-23-13-27(41)14-31(33(22)23)38-12-9-28-29(20-38)37-32(15-30(28)39-18-25-7-8-26(19-39)36-25)42-21-34-10-4-11-40(34)17-24(35)16-34/h1,3,5-6,13-15,24-26,36,41H,4,7-12,16-21H2/t24-,25?,26?,34+/m1/s1. The summed E-state index contributed by atoms with van der Waals surface area (Å²) in [6.07, 6.45) is 11.0. The first-order chi connectivity index (χ1) is 20.5. The Kier molecular flexibility index (Phi) is 6.24. The quantitative estimate of drug-likeness (QED) is 0.444. The van der Waals surface area contributed by atoms with Gasteiger partial charge in [-0.2, -0.15) is 0 Å². The number of pyridine rings is 1. The molecular formula is C34H38FN5O2. The highest BCUT2D eigenvalue weighted by atomic mass is 19.1. The van der Waals surface area contributed by atoms with Crippen molar-refractivity contribution in [1.29, 1.82) is 0 Å². The van der Waals surface area contributed by atoms with Gasteiger partial charge in [0.15, 0.2) is 0 Å². The van der Waals surface area contributed by atoms with Gasteiger partial charge < -0.3 is 25.0 Å². The van der Waals surface area contributed by atoms with Crippen LogP contribution in [0.3, 0.4) is 0 Å². The summed E-state index contributed by atoms with van der Waals surface area (Å²) in [4.78, 5) is 12.2. The number of phenols is 1. The number of aromatic hydroxyl groups is 1. The van der Waals surface area contributed by atoms with Gasteiger partial charge in [-0.25, -0.2) is 9.37 Å². The molecule has 4 atom stereocenters. The molecule has 6 heterocycles. The number of benzene rings is 2. The van der Waals surface area contributed by atoms with Crippen molar-refractivity contribution in [1.82, 2.24) is 15.2 Å². The molecule has 0 saturated carbocycles. The average Bonchev–Trinajstić information content (AvgIpc) is 3.64. The molecule has 218 valence electrons. The fourth-order valence-corrected chi connectivity index (χ4v) is 8.47. The SMILES string of the molecule is C#Cc1cccc2cc(O)cc(N3CCc4c(N5CC6CCC(C5)N6)cc(OC[C@@]56CCCN5C[C@H](F)C6)nc4C3)c12. The molecule has 2 unspecified atom stereocenters. The number of nitrogens with zero attached hydrogens (tertiary/aromatic N) is 4. The Bertz CT molecular complexity index is 1580. The summed E-state index contributed by atoms with van der Waals surface area (Å²) < 4.78 is 21.0. The van der Waals surface area contributed by atoms with Gasteiger partial charge in [0.25, 0.3) is 0 Å². The number of nitrogens with one attached hydrogen (secondary N) is 1. The van der Waals surface area contributed by atoms with Crippen LogP contribution in [0.1, 0.15) is 48.9 Å². The van der Waals surface area contributed by atoms with Gasteiger partial charge in [0.05, 0.1) is 17.8 Å². The molecule has 0 aliphatic carbocycles. The molecule has 5 aliphatic rings. The fraction of sp³-hybridized carbons (Fsp3) is 0.500. The van der Waals surface area contributed by atoms with Crippen molar-refractivity contribution in [3.63, 3.8) is 0 Å². The summed E-state index contributed by atoms with van der Waals surface area (Å²) in [6, 6.07) is 12.7. The number of hydrogen-bond acceptors (Lipinski definition) is 7. The number of aromatic nitrogens is 1. The number of fused-ring (bicyclic) bond motifs is 5. The van der Waals surface area contributed by atoms with Crippen LogP contribution in [0, 0.1) is 12.3 Å². The molecule has 4 saturated heterocycles. The predicted octanol–water partition coefficient (Wildman–Crippen LogP) is 4.38. The molecule has 5 aliphatic heterocycles. The van der Waals surface area contributed by atoms with Gasteiger partial charge >= 0.3 is 0 Å². The lowest BCUT2D eigenvalue weighted by Crippen LogP contribution is -2.51. The number of phenolic OH excluding ortho intramolecular Hbond substituents is 1. The second-order valence-corrected chi connectivity index (χ2v) is 13.0. The number of anilines is 2. The maximum absolute atomic E-state index is 14.5. The molecule has 0 radical (unpaired) electrons. The third-order valence-corrected chi connectivity index (χ3v) is 10.4. The lowest BCUT2D eigenvalue weighted by atomic mass is 9.95. The maximum atomic E-state index is 14.5. The normalized spacial score (nSPS) is 28.6. The van der Waals surface area contributed by atoms with Crippen LogP contribution in [0.5, 0.6) is 11.6 Å². The molecule has 2 aromatic carbocycles. The number of terminal acetylenes is 1. The molecule has 0 spiro atoms. The number of hydrogen-bond donors (Lipinski definition) is 2. The van der Waals surface area contributed by atoms with Crippen molar-refractivity contribution >= 4 is 22.1 Å². The molecule has 42 heavy (non-hydrogen) atoms. The van der Waals surface area contributed by atoms with Crippen molar-refractivity contribution < 1.29 is 14.2 Å². The maximum Gasteiger partial charge on any atom is 0.215 e. The smallest absolute Gasteiger partial charge is 0.215 e. The molecule has 7 nitrogen and oxygen atoms in total. The van der Waals surface area contributed by atoms with E-state index >= 15 is 0 Å². The fourth-order valence-electron chi connectivity index (χ4n) is 8.47. The molecule has 4 fully saturated rings. The minimum atomic E-state index is -0.782. The van der Waals surface area contributed by atoms with Crippen LogP contribution >= 0.6 is 0 Å². The number of alkyl halides is 1. The Morgan fingerprint density at radius 3 is 2.79 bits per heavy atom. The Morgan fingerprint density at radius 2 is 1.95 bits per heavy atom. The van der Waals surface area contributed by atoms with E-state index in [1.54, 1.807) is 6.07 Å². The van der Waals surface area contributed by atoms with E-state index in [4.69, 9.17) is 16.1 Å². The second-order valence-electron chi connectivity index (χ2n) is 13.0.